The summed E-state index contributed by atoms with van der Waals surface area (Å²) in [5, 5.41) is 40.5. The molecule has 5 N–H and O–H groups in total. The van der Waals surface area contributed by atoms with Crippen LogP contribution in [0.15, 0.2) is 54.3 Å². The molecule has 1 aliphatic heterocycles. The average Bonchev–Trinajstić information content (AvgIpc) is 4.03. The van der Waals surface area contributed by atoms with Crippen LogP contribution >= 0.6 is 7.82 Å². The Labute approximate surface area is 370 Å². The largest absolute Gasteiger partial charge is 0.472 e. The number of nitriles is 1. The van der Waals surface area contributed by atoms with Crippen LogP contribution in [-0.4, -0.2) is 108 Å². The number of nitrogens with two attached hydrogens (primary N) is 1. The second kappa shape index (κ2) is 26.0. The molecule has 0 saturated carbocycles. The minimum Gasteiger partial charge on any atom is -0.387 e. The van der Waals surface area contributed by atoms with Crippen LogP contribution in [0.5, 0.6) is 0 Å². The number of fused-ring (bicyclic) bond motifs is 1. The SMILES string of the molecule is CCCCCCCCCCCCCCCCCCOC[C@H](COP(=O)(O)OC[C@@]1(/C=N/C)O[C@@H](c2ccc3c(N)ncnn23)[C@H](O)[C@@H]1O)OCc1ccc(-n2cncn2)c(C#N)c1. The molecule has 0 radical (unpaired) electrons. The predicted molar refractivity (Wildman–Crippen MR) is 237 cm³/mol. The number of unbranched alkanes of at least 4 members (excludes halogenated alkanes) is 15. The minimum absolute atomic E-state index is 0.0414. The number of phosphoric ester groups is 1. The van der Waals surface area contributed by atoms with E-state index in [9.17, 15) is 24.9 Å². The molecule has 6 atom stereocenters. The first kappa shape index (κ1) is 49.9. The van der Waals surface area contributed by atoms with Gasteiger partial charge < -0.3 is 35.1 Å². The Bertz CT molecular complexity index is 2060. The number of aliphatic hydroxyl groups is 2. The number of nitrogens with zero attached hydrogens (tertiary/aromatic N) is 8. The summed E-state index contributed by atoms with van der Waals surface area (Å²) in [6.45, 7) is 1.74. The first-order chi connectivity index (χ1) is 30.6. The smallest absolute Gasteiger partial charge is 0.387 e. The maximum atomic E-state index is 13.4. The van der Waals surface area contributed by atoms with Gasteiger partial charge in [-0.25, -0.2) is 23.7 Å². The summed E-state index contributed by atoms with van der Waals surface area (Å²) in [5.41, 5.74) is 6.54. The Hall–Kier alpha value is -4.15. The van der Waals surface area contributed by atoms with Crippen LogP contribution in [-0.2, 0) is 34.4 Å². The fraction of sp³-hybridized carbons (Fsp3) is 0.636. The van der Waals surface area contributed by atoms with Crippen LogP contribution in [0.1, 0.15) is 133 Å². The van der Waals surface area contributed by atoms with Gasteiger partial charge in [0.25, 0.3) is 0 Å². The van der Waals surface area contributed by atoms with E-state index in [2.05, 4.69) is 38.2 Å². The van der Waals surface area contributed by atoms with E-state index in [0.717, 1.165) is 19.3 Å². The second-order valence-corrected chi connectivity index (χ2v) is 17.6. The predicted octanol–water partition coefficient (Wildman–Crippen LogP) is 6.99. The Morgan fingerprint density at radius 2 is 1.63 bits per heavy atom. The number of hydrogen-bond donors (Lipinski definition) is 4. The van der Waals surface area contributed by atoms with Crippen LogP contribution in [0, 0.1) is 11.3 Å². The van der Waals surface area contributed by atoms with Gasteiger partial charge in [0.15, 0.2) is 11.4 Å². The number of anilines is 1. The molecule has 0 aliphatic carbocycles. The molecule has 0 amide bonds. The first-order valence-corrected chi connectivity index (χ1v) is 23.9. The summed E-state index contributed by atoms with van der Waals surface area (Å²) in [7, 11) is -3.40. The van der Waals surface area contributed by atoms with Gasteiger partial charge in [-0.15, -0.1) is 0 Å². The van der Waals surface area contributed by atoms with Gasteiger partial charge in [-0.2, -0.15) is 15.5 Å². The molecule has 19 heteroatoms. The molecule has 1 saturated heterocycles. The van der Waals surface area contributed by atoms with Crippen molar-refractivity contribution in [1.82, 2.24) is 29.4 Å². The molecule has 4 heterocycles. The third-order valence-electron chi connectivity index (χ3n) is 11.3. The monoisotopic (exact) mass is 895 g/mol. The standard InChI is InChI=1S/C44H66N9O9P/c1-3-4-5-6-7-8-9-10-11-12-13-14-15-16-17-18-23-58-27-36(59-26-34-19-20-37(35(24-34)25-45)52-33-48-31-50-52)28-60-63(56,57)61-30-44(29-47-2)42(55)40(54)41(62-44)38-21-22-39-43(46)49-32-51-53(38)39/h19-22,24,29,31-33,36,40-42,54-55H,3-18,23,26-28,30H2,1-2H3,(H,56,57)(H2,46,49,51)/b47-29+/t36-,40+,41+,42+,44-/m1/s1. The molecule has 1 aliphatic rings. The summed E-state index contributed by atoms with van der Waals surface area (Å²) in [4.78, 5) is 22.8. The highest BCUT2D eigenvalue weighted by atomic mass is 31.2. The average molecular weight is 896 g/mol. The summed E-state index contributed by atoms with van der Waals surface area (Å²) >= 11 is 0. The van der Waals surface area contributed by atoms with Crippen molar-refractivity contribution in [3.8, 4) is 11.8 Å². The fourth-order valence-corrected chi connectivity index (χ4v) is 8.55. The van der Waals surface area contributed by atoms with Gasteiger partial charge in [-0.1, -0.05) is 109 Å². The lowest BCUT2D eigenvalue weighted by atomic mass is 9.96. The third kappa shape index (κ3) is 15.0. The highest BCUT2D eigenvalue weighted by Gasteiger charge is 2.55. The molecule has 18 nitrogen and oxygen atoms in total. The zero-order valence-corrected chi connectivity index (χ0v) is 37.6. The number of rotatable bonds is 31. The number of aromatic nitrogens is 6. The molecule has 5 rings (SSSR count). The minimum atomic E-state index is -4.83. The van der Waals surface area contributed by atoms with Gasteiger partial charge >= 0.3 is 7.82 Å². The Morgan fingerprint density at radius 3 is 2.27 bits per heavy atom. The van der Waals surface area contributed by atoms with Crippen molar-refractivity contribution in [2.75, 3.05) is 39.2 Å². The summed E-state index contributed by atoms with van der Waals surface area (Å²) in [5.74, 6) is 0.202. The van der Waals surface area contributed by atoms with Crippen LogP contribution in [0.25, 0.3) is 11.2 Å². The van der Waals surface area contributed by atoms with E-state index in [0.29, 0.717) is 34.6 Å². The van der Waals surface area contributed by atoms with E-state index < -0.39 is 51.1 Å². The molecule has 1 unspecified atom stereocenters. The Morgan fingerprint density at radius 1 is 0.952 bits per heavy atom. The van der Waals surface area contributed by atoms with Crippen molar-refractivity contribution < 1.29 is 42.9 Å². The number of phosphoric acid groups is 1. The normalized spacial score (nSPS) is 20.4. The summed E-state index contributed by atoms with van der Waals surface area (Å²) in [6, 6.07) is 10.6. The van der Waals surface area contributed by atoms with Crippen LogP contribution in [0.3, 0.4) is 0 Å². The van der Waals surface area contributed by atoms with Crippen LogP contribution in [0.4, 0.5) is 5.82 Å². The third-order valence-corrected chi connectivity index (χ3v) is 12.2. The van der Waals surface area contributed by atoms with Gasteiger partial charge in [0.05, 0.1) is 43.4 Å². The number of aliphatic imine (C=N–C) groups is 1. The highest BCUT2D eigenvalue weighted by Crippen LogP contribution is 2.47. The van der Waals surface area contributed by atoms with E-state index in [1.165, 1.54) is 125 Å². The fourth-order valence-electron chi connectivity index (χ4n) is 7.75. The van der Waals surface area contributed by atoms with Crippen molar-refractivity contribution >= 4 is 25.4 Å². The van der Waals surface area contributed by atoms with Crippen molar-refractivity contribution in [2.24, 2.45) is 4.99 Å². The number of aliphatic hydroxyl groups excluding tert-OH is 2. The van der Waals surface area contributed by atoms with Gasteiger partial charge in [0.2, 0.25) is 0 Å². The van der Waals surface area contributed by atoms with Crippen LogP contribution in [0.2, 0.25) is 0 Å². The van der Waals surface area contributed by atoms with Gasteiger partial charge in [-0.3, -0.25) is 14.0 Å². The molecule has 346 valence electrons. The van der Waals surface area contributed by atoms with Crippen LogP contribution < -0.4 is 5.73 Å². The number of hydrogen-bond acceptors (Lipinski definition) is 15. The number of benzene rings is 1. The zero-order valence-electron chi connectivity index (χ0n) is 36.7. The lowest BCUT2D eigenvalue weighted by molar-refractivity contribution is -0.0702. The highest BCUT2D eigenvalue weighted by molar-refractivity contribution is 7.47. The molecule has 1 aromatic carbocycles. The van der Waals surface area contributed by atoms with E-state index in [4.69, 9.17) is 29.0 Å². The summed E-state index contributed by atoms with van der Waals surface area (Å²) < 4.78 is 45.4. The molecular weight excluding hydrogens is 830 g/mol. The molecule has 0 bridgehead atoms. The quantitative estimate of drug-likeness (QED) is 0.0226. The first-order valence-electron chi connectivity index (χ1n) is 22.4. The Kier molecular flexibility index (Phi) is 20.6. The van der Waals surface area contributed by atoms with Gasteiger partial charge in [-0.05, 0) is 36.2 Å². The second-order valence-electron chi connectivity index (χ2n) is 16.2. The molecule has 0 spiro atoms. The van der Waals surface area contributed by atoms with Gasteiger partial charge in [0, 0.05) is 19.9 Å². The van der Waals surface area contributed by atoms with E-state index in [1.54, 1.807) is 30.3 Å². The molecule has 4 aromatic rings. The van der Waals surface area contributed by atoms with Crippen molar-refractivity contribution in [1.29, 1.82) is 5.26 Å². The maximum absolute atomic E-state index is 13.4. The molecule has 63 heavy (non-hydrogen) atoms. The Balaban J connectivity index is 1.10. The van der Waals surface area contributed by atoms with Crippen molar-refractivity contribution in [3.63, 3.8) is 0 Å². The van der Waals surface area contributed by atoms with Gasteiger partial charge in [0.1, 0.15) is 55.0 Å². The molecular formula is C44H66N9O9P. The van der Waals surface area contributed by atoms with Crippen molar-refractivity contribution in [2.45, 2.75) is 146 Å². The zero-order chi connectivity index (χ0) is 44.9. The number of ether oxygens (including phenoxy) is 3. The topological polar surface area (TPSA) is 247 Å². The molecule has 1 fully saturated rings. The summed E-state index contributed by atoms with van der Waals surface area (Å²) in [6.07, 6.45) is 20.5. The lowest BCUT2D eigenvalue weighted by Gasteiger charge is -2.28. The lowest BCUT2D eigenvalue weighted by Crippen LogP contribution is -2.48. The number of nitrogen functional groups attached to an aromatic ring is 1. The molecule has 3 aromatic heterocycles. The van der Waals surface area contributed by atoms with Crippen molar-refractivity contribution in [3.05, 3.63) is 66.1 Å². The van der Waals surface area contributed by atoms with E-state index in [1.807, 2.05) is 0 Å². The van der Waals surface area contributed by atoms with E-state index in [-0.39, 0.29) is 19.0 Å². The maximum Gasteiger partial charge on any atom is 0.472 e. The van der Waals surface area contributed by atoms with E-state index >= 15 is 0 Å².